The quantitative estimate of drug-likeness (QED) is 0.912. The molecule has 0 radical (unpaired) electrons. The average Bonchev–Trinajstić information content (AvgIpc) is 3.04. The van der Waals surface area contributed by atoms with Gasteiger partial charge in [0.25, 0.3) is 0 Å². The Hall–Kier alpha value is -1.77. The van der Waals surface area contributed by atoms with Gasteiger partial charge in [0.2, 0.25) is 0 Å². The predicted octanol–water partition coefficient (Wildman–Crippen LogP) is 4.12. The molecule has 1 aromatic carbocycles. The van der Waals surface area contributed by atoms with Gasteiger partial charge >= 0.3 is 5.97 Å². The second kappa shape index (κ2) is 4.65. The molecule has 3 heteroatoms. The van der Waals surface area contributed by atoms with Crippen LogP contribution in [0.1, 0.15) is 51.3 Å². The molecule has 1 saturated carbocycles. The van der Waals surface area contributed by atoms with E-state index in [-0.39, 0.29) is 0 Å². The van der Waals surface area contributed by atoms with Gasteiger partial charge in [0.1, 0.15) is 5.41 Å². The van der Waals surface area contributed by atoms with Crippen LogP contribution in [0.3, 0.4) is 0 Å². The molecule has 0 saturated heterocycles. The van der Waals surface area contributed by atoms with Gasteiger partial charge in [0.05, 0.1) is 0 Å². The molecule has 1 N–H and O–H groups in total. The number of hydrogen-bond acceptors (Lipinski definition) is 1. The number of carbonyl (C=O) groups is 1. The lowest BCUT2D eigenvalue weighted by atomic mass is 9.89. The highest BCUT2D eigenvalue weighted by Gasteiger charge is 2.35. The summed E-state index contributed by atoms with van der Waals surface area (Å²) in [5, 5.41) is 10.7. The van der Waals surface area contributed by atoms with Gasteiger partial charge in [-0.25, -0.2) is 0 Å². The van der Waals surface area contributed by atoms with Crippen molar-refractivity contribution in [3.05, 3.63) is 36.0 Å². The van der Waals surface area contributed by atoms with E-state index in [0.717, 1.165) is 23.9 Å². The van der Waals surface area contributed by atoms with E-state index < -0.39 is 11.4 Å². The summed E-state index contributed by atoms with van der Waals surface area (Å²) >= 11 is 0. The number of carboxylic acids is 1. The van der Waals surface area contributed by atoms with Crippen molar-refractivity contribution in [2.45, 2.75) is 51.0 Å². The summed E-state index contributed by atoms with van der Waals surface area (Å²) in [6.45, 7) is 3.60. The molecule has 3 nitrogen and oxygen atoms in total. The van der Waals surface area contributed by atoms with Crippen molar-refractivity contribution in [1.29, 1.82) is 0 Å². The smallest absolute Gasteiger partial charge is 0.315 e. The van der Waals surface area contributed by atoms with Crippen LogP contribution in [0.2, 0.25) is 0 Å². The van der Waals surface area contributed by atoms with Gasteiger partial charge < -0.3 is 9.67 Å². The molecule has 0 unspecified atom stereocenters. The number of para-hydroxylation sites is 1. The molecule has 1 aliphatic rings. The van der Waals surface area contributed by atoms with Crippen molar-refractivity contribution in [2.75, 3.05) is 0 Å². The molecule has 20 heavy (non-hydrogen) atoms. The maximum Gasteiger partial charge on any atom is 0.315 e. The molecule has 3 rings (SSSR count). The molecule has 0 amide bonds. The molecule has 1 fully saturated rings. The standard InChI is InChI=1S/C17H21NO2/c1-17(2,16(19)20)15-11-12-7-3-6-10-14(12)18(15)13-8-4-5-9-13/h3,6-7,10-11,13H,4-5,8-9H2,1-2H3,(H,19,20). The molecule has 0 spiro atoms. The van der Waals surface area contributed by atoms with Crippen LogP contribution in [0.5, 0.6) is 0 Å². The number of aromatic nitrogens is 1. The van der Waals surface area contributed by atoms with Crippen molar-refractivity contribution in [3.8, 4) is 0 Å². The zero-order valence-corrected chi connectivity index (χ0v) is 12.1. The Bertz CT molecular complexity index is 648. The van der Waals surface area contributed by atoms with Crippen molar-refractivity contribution in [2.24, 2.45) is 0 Å². The molecule has 106 valence electrons. The number of rotatable bonds is 3. The van der Waals surface area contributed by atoms with Gasteiger partial charge in [-0.3, -0.25) is 4.79 Å². The fourth-order valence-corrected chi connectivity index (χ4v) is 3.32. The normalized spacial score (nSPS) is 16.9. The van der Waals surface area contributed by atoms with Crippen LogP contribution in [0.15, 0.2) is 30.3 Å². The zero-order chi connectivity index (χ0) is 14.3. The number of aliphatic carboxylic acids is 1. The minimum absolute atomic E-state index is 0.448. The topological polar surface area (TPSA) is 42.2 Å². The summed E-state index contributed by atoms with van der Waals surface area (Å²) in [6, 6.07) is 10.7. The van der Waals surface area contributed by atoms with Crippen LogP contribution in [0.4, 0.5) is 0 Å². The fraction of sp³-hybridized carbons (Fsp3) is 0.471. The first-order chi connectivity index (χ1) is 9.51. The average molecular weight is 271 g/mol. The Morgan fingerprint density at radius 2 is 1.90 bits per heavy atom. The van der Waals surface area contributed by atoms with Gasteiger partial charge in [0, 0.05) is 17.3 Å². The number of benzene rings is 1. The summed E-state index contributed by atoms with van der Waals surface area (Å²) < 4.78 is 2.29. The van der Waals surface area contributed by atoms with E-state index >= 15 is 0 Å². The number of carboxylic acid groups (broad SMARTS) is 1. The molecule has 0 bridgehead atoms. The van der Waals surface area contributed by atoms with E-state index in [1.165, 1.54) is 18.4 Å². The van der Waals surface area contributed by atoms with Crippen molar-refractivity contribution >= 4 is 16.9 Å². The molecule has 1 aromatic heterocycles. The van der Waals surface area contributed by atoms with Gasteiger partial charge in [-0.1, -0.05) is 31.0 Å². The van der Waals surface area contributed by atoms with Crippen LogP contribution in [-0.4, -0.2) is 15.6 Å². The summed E-state index contributed by atoms with van der Waals surface area (Å²) in [4.78, 5) is 11.7. The van der Waals surface area contributed by atoms with Crippen molar-refractivity contribution in [3.63, 3.8) is 0 Å². The van der Waals surface area contributed by atoms with Crippen LogP contribution < -0.4 is 0 Å². The lowest BCUT2D eigenvalue weighted by Gasteiger charge is -2.26. The SMILES string of the molecule is CC(C)(C(=O)O)c1cc2ccccc2n1C1CCCC1. The van der Waals surface area contributed by atoms with Crippen LogP contribution in [0.25, 0.3) is 10.9 Å². The van der Waals surface area contributed by atoms with E-state index in [0.29, 0.717) is 6.04 Å². The first kappa shape index (κ1) is 13.2. The number of hydrogen-bond donors (Lipinski definition) is 1. The van der Waals surface area contributed by atoms with E-state index in [4.69, 9.17) is 0 Å². The number of fused-ring (bicyclic) bond motifs is 1. The molecule has 1 aliphatic carbocycles. The summed E-state index contributed by atoms with van der Waals surface area (Å²) in [6.07, 6.45) is 4.79. The monoisotopic (exact) mass is 271 g/mol. The predicted molar refractivity (Wildman–Crippen MR) is 80.1 cm³/mol. The lowest BCUT2D eigenvalue weighted by molar-refractivity contribution is -0.142. The molecule has 0 aliphatic heterocycles. The van der Waals surface area contributed by atoms with E-state index in [2.05, 4.69) is 22.8 Å². The Morgan fingerprint density at radius 3 is 2.55 bits per heavy atom. The van der Waals surface area contributed by atoms with Crippen LogP contribution in [0, 0.1) is 0 Å². The van der Waals surface area contributed by atoms with Crippen LogP contribution >= 0.6 is 0 Å². The molecule has 0 atom stereocenters. The minimum atomic E-state index is -0.860. The third kappa shape index (κ3) is 1.92. The van der Waals surface area contributed by atoms with Gasteiger partial charge in [-0.05, 0) is 44.2 Å². The van der Waals surface area contributed by atoms with E-state index in [1.807, 2.05) is 12.1 Å². The van der Waals surface area contributed by atoms with E-state index in [1.54, 1.807) is 13.8 Å². The first-order valence-corrected chi connectivity index (χ1v) is 7.35. The fourth-order valence-electron chi connectivity index (χ4n) is 3.32. The second-order valence-electron chi connectivity index (χ2n) is 6.33. The Labute approximate surface area is 119 Å². The maximum atomic E-state index is 11.7. The lowest BCUT2D eigenvalue weighted by Crippen LogP contribution is -2.32. The third-order valence-corrected chi connectivity index (χ3v) is 4.61. The first-order valence-electron chi connectivity index (χ1n) is 7.35. The third-order valence-electron chi connectivity index (χ3n) is 4.61. The molecular weight excluding hydrogens is 250 g/mol. The van der Waals surface area contributed by atoms with Crippen LogP contribution in [-0.2, 0) is 10.2 Å². The van der Waals surface area contributed by atoms with Gasteiger partial charge in [0.15, 0.2) is 0 Å². The highest BCUT2D eigenvalue weighted by molar-refractivity contribution is 5.86. The molecule has 1 heterocycles. The van der Waals surface area contributed by atoms with Gasteiger partial charge in [-0.2, -0.15) is 0 Å². The Morgan fingerprint density at radius 1 is 1.25 bits per heavy atom. The van der Waals surface area contributed by atoms with Gasteiger partial charge in [-0.15, -0.1) is 0 Å². The van der Waals surface area contributed by atoms with Crippen molar-refractivity contribution < 1.29 is 9.90 Å². The van der Waals surface area contributed by atoms with E-state index in [9.17, 15) is 9.90 Å². The van der Waals surface area contributed by atoms with Crippen molar-refractivity contribution in [1.82, 2.24) is 4.57 Å². The largest absolute Gasteiger partial charge is 0.481 e. The summed E-state index contributed by atoms with van der Waals surface area (Å²) in [5.41, 5.74) is 1.24. The number of nitrogens with zero attached hydrogens (tertiary/aromatic N) is 1. The zero-order valence-electron chi connectivity index (χ0n) is 12.1. The highest BCUT2D eigenvalue weighted by Crippen LogP contribution is 2.38. The Balaban J connectivity index is 2.25. The summed E-state index contributed by atoms with van der Waals surface area (Å²) in [5.74, 6) is -0.764. The summed E-state index contributed by atoms with van der Waals surface area (Å²) in [7, 11) is 0. The Kier molecular flexibility index (Phi) is 3.08. The maximum absolute atomic E-state index is 11.7. The molecule has 2 aromatic rings. The molecular formula is C17H21NO2. The second-order valence-corrected chi connectivity index (χ2v) is 6.33. The minimum Gasteiger partial charge on any atom is -0.481 e. The highest BCUT2D eigenvalue weighted by atomic mass is 16.4.